The van der Waals surface area contributed by atoms with Crippen molar-refractivity contribution in [2.45, 2.75) is 39.2 Å². The van der Waals surface area contributed by atoms with Gasteiger partial charge in [0.05, 0.1) is 5.69 Å². The number of nitrogens with one attached hydrogen (secondary N) is 1. The topological polar surface area (TPSA) is 29.9 Å². The number of rotatable bonds is 5. The minimum atomic E-state index is 0.852. The van der Waals surface area contributed by atoms with Crippen molar-refractivity contribution in [3.05, 3.63) is 48.3 Å². The second-order valence-electron chi connectivity index (χ2n) is 6.35. The molecule has 1 aliphatic rings. The monoisotopic (exact) mass is 283 g/mol. The van der Waals surface area contributed by atoms with Gasteiger partial charge in [0.1, 0.15) is 0 Å². The van der Waals surface area contributed by atoms with Crippen molar-refractivity contribution in [3.63, 3.8) is 0 Å². The van der Waals surface area contributed by atoms with E-state index in [2.05, 4.69) is 41.6 Å². The quantitative estimate of drug-likeness (QED) is 0.905. The molecule has 1 aliphatic carbocycles. The molecule has 0 bridgehead atoms. The van der Waals surface area contributed by atoms with Crippen LogP contribution in [0.15, 0.2) is 42.7 Å². The number of aromatic nitrogens is 2. The van der Waals surface area contributed by atoms with Gasteiger partial charge >= 0.3 is 0 Å². The lowest BCUT2D eigenvalue weighted by atomic mass is 9.82. The molecule has 1 N–H and O–H groups in total. The van der Waals surface area contributed by atoms with Gasteiger partial charge in [0.25, 0.3) is 0 Å². The van der Waals surface area contributed by atoms with E-state index in [4.69, 9.17) is 0 Å². The van der Waals surface area contributed by atoms with Crippen LogP contribution in [0, 0.1) is 11.8 Å². The standard InChI is InChI=1S/C18H25N3/c1-15-6-4-7-16(12-15)13-19-14-17-8-2-3-9-18(17)21-11-5-10-20-21/h2-3,5,8-11,15-16,19H,4,6-7,12-14H2,1H3. The number of nitrogens with zero attached hydrogens (tertiary/aromatic N) is 2. The fourth-order valence-corrected chi connectivity index (χ4v) is 3.45. The molecule has 0 spiro atoms. The van der Waals surface area contributed by atoms with E-state index >= 15 is 0 Å². The first-order valence-electron chi connectivity index (χ1n) is 8.11. The van der Waals surface area contributed by atoms with E-state index in [1.165, 1.54) is 36.9 Å². The molecule has 1 saturated carbocycles. The molecule has 112 valence electrons. The van der Waals surface area contributed by atoms with E-state index in [0.717, 1.165) is 24.9 Å². The highest BCUT2D eigenvalue weighted by Gasteiger charge is 2.18. The first-order chi connectivity index (χ1) is 10.3. The van der Waals surface area contributed by atoms with Crippen molar-refractivity contribution < 1.29 is 0 Å². The van der Waals surface area contributed by atoms with Crippen molar-refractivity contribution in [2.24, 2.45) is 11.8 Å². The predicted molar refractivity (Wildman–Crippen MR) is 86.4 cm³/mol. The van der Waals surface area contributed by atoms with Gasteiger partial charge in [-0.2, -0.15) is 5.10 Å². The molecule has 2 aromatic rings. The third-order valence-corrected chi connectivity index (χ3v) is 4.54. The predicted octanol–water partition coefficient (Wildman–Crippen LogP) is 3.79. The summed E-state index contributed by atoms with van der Waals surface area (Å²) in [5.41, 5.74) is 2.48. The van der Waals surface area contributed by atoms with Gasteiger partial charge in [0.15, 0.2) is 0 Å². The maximum Gasteiger partial charge on any atom is 0.0690 e. The normalized spacial score (nSPS) is 22.3. The van der Waals surface area contributed by atoms with Gasteiger partial charge in [0, 0.05) is 18.9 Å². The number of hydrogen-bond acceptors (Lipinski definition) is 2. The molecular weight excluding hydrogens is 258 g/mol. The van der Waals surface area contributed by atoms with Gasteiger partial charge in [-0.1, -0.05) is 38.0 Å². The van der Waals surface area contributed by atoms with Crippen LogP contribution in [-0.4, -0.2) is 16.3 Å². The van der Waals surface area contributed by atoms with Gasteiger partial charge in [-0.15, -0.1) is 0 Å². The van der Waals surface area contributed by atoms with Crippen molar-refractivity contribution >= 4 is 0 Å². The highest BCUT2D eigenvalue weighted by molar-refractivity contribution is 5.40. The van der Waals surface area contributed by atoms with Crippen LogP contribution in [0.2, 0.25) is 0 Å². The maximum absolute atomic E-state index is 4.34. The van der Waals surface area contributed by atoms with Crippen molar-refractivity contribution in [2.75, 3.05) is 6.54 Å². The summed E-state index contributed by atoms with van der Waals surface area (Å²) in [7, 11) is 0. The van der Waals surface area contributed by atoms with Crippen molar-refractivity contribution in [1.29, 1.82) is 0 Å². The summed E-state index contributed by atoms with van der Waals surface area (Å²) in [5.74, 6) is 1.76. The third kappa shape index (κ3) is 3.73. The molecule has 0 aliphatic heterocycles. The Labute approximate surface area is 127 Å². The van der Waals surface area contributed by atoms with Gasteiger partial charge in [-0.05, 0) is 48.9 Å². The van der Waals surface area contributed by atoms with E-state index in [1.807, 2.05) is 23.1 Å². The van der Waals surface area contributed by atoms with E-state index in [1.54, 1.807) is 0 Å². The molecule has 1 heterocycles. The summed E-state index contributed by atoms with van der Waals surface area (Å²) >= 11 is 0. The second-order valence-corrected chi connectivity index (χ2v) is 6.35. The largest absolute Gasteiger partial charge is 0.312 e. The molecule has 3 heteroatoms. The molecule has 21 heavy (non-hydrogen) atoms. The first kappa shape index (κ1) is 14.3. The number of benzene rings is 1. The number of para-hydroxylation sites is 1. The summed E-state index contributed by atoms with van der Waals surface area (Å²) in [6.07, 6.45) is 9.41. The highest BCUT2D eigenvalue weighted by atomic mass is 15.3. The molecule has 0 radical (unpaired) electrons. The molecule has 0 saturated heterocycles. The molecule has 2 atom stereocenters. The van der Waals surface area contributed by atoms with Crippen LogP contribution in [0.25, 0.3) is 5.69 Å². The fraction of sp³-hybridized carbons (Fsp3) is 0.500. The summed E-state index contributed by atoms with van der Waals surface area (Å²) in [5, 5.41) is 8.00. The minimum absolute atomic E-state index is 0.852. The summed E-state index contributed by atoms with van der Waals surface area (Å²) in [6, 6.07) is 10.5. The molecule has 2 unspecified atom stereocenters. The SMILES string of the molecule is CC1CCCC(CNCc2ccccc2-n2cccn2)C1. The summed E-state index contributed by atoms with van der Waals surface area (Å²) < 4.78 is 1.94. The zero-order valence-electron chi connectivity index (χ0n) is 12.8. The molecule has 0 amide bonds. The average Bonchev–Trinajstić information content (AvgIpc) is 3.02. The Hall–Kier alpha value is -1.61. The zero-order valence-corrected chi connectivity index (χ0v) is 12.8. The molecule has 3 nitrogen and oxygen atoms in total. The molecular formula is C18H25N3. The van der Waals surface area contributed by atoms with Crippen molar-refractivity contribution in [1.82, 2.24) is 15.1 Å². The molecule has 1 aromatic heterocycles. The first-order valence-corrected chi connectivity index (χ1v) is 8.11. The Kier molecular flexibility index (Phi) is 4.71. The lowest BCUT2D eigenvalue weighted by Crippen LogP contribution is -2.26. The van der Waals surface area contributed by atoms with Crippen LogP contribution >= 0.6 is 0 Å². The van der Waals surface area contributed by atoms with E-state index in [0.29, 0.717) is 0 Å². The Bertz CT molecular complexity index is 547. The van der Waals surface area contributed by atoms with Crippen LogP contribution in [0.4, 0.5) is 0 Å². The van der Waals surface area contributed by atoms with Gasteiger partial charge in [0.2, 0.25) is 0 Å². The Morgan fingerprint density at radius 2 is 2.14 bits per heavy atom. The Balaban J connectivity index is 1.58. The minimum Gasteiger partial charge on any atom is -0.312 e. The van der Waals surface area contributed by atoms with E-state index < -0.39 is 0 Å². The average molecular weight is 283 g/mol. The van der Waals surface area contributed by atoms with Crippen LogP contribution in [-0.2, 0) is 6.54 Å². The van der Waals surface area contributed by atoms with E-state index in [-0.39, 0.29) is 0 Å². The van der Waals surface area contributed by atoms with Gasteiger partial charge < -0.3 is 5.32 Å². The lowest BCUT2D eigenvalue weighted by Gasteiger charge is -2.27. The smallest absolute Gasteiger partial charge is 0.0690 e. The Morgan fingerprint density at radius 1 is 1.24 bits per heavy atom. The Morgan fingerprint density at radius 3 is 2.95 bits per heavy atom. The van der Waals surface area contributed by atoms with Crippen LogP contribution in [0.3, 0.4) is 0 Å². The van der Waals surface area contributed by atoms with Gasteiger partial charge in [-0.25, -0.2) is 4.68 Å². The fourth-order valence-electron chi connectivity index (χ4n) is 3.45. The van der Waals surface area contributed by atoms with Crippen molar-refractivity contribution in [3.8, 4) is 5.69 Å². The second kappa shape index (κ2) is 6.90. The van der Waals surface area contributed by atoms with Crippen LogP contribution in [0.1, 0.15) is 38.2 Å². The molecule has 1 fully saturated rings. The molecule has 3 rings (SSSR count). The van der Waals surface area contributed by atoms with Gasteiger partial charge in [-0.3, -0.25) is 0 Å². The van der Waals surface area contributed by atoms with Crippen LogP contribution < -0.4 is 5.32 Å². The molecule has 1 aromatic carbocycles. The lowest BCUT2D eigenvalue weighted by molar-refractivity contribution is 0.274. The number of hydrogen-bond donors (Lipinski definition) is 1. The highest BCUT2D eigenvalue weighted by Crippen LogP contribution is 2.28. The maximum atomic E-state index is 4.34. The third-order valence-electron chi connectivity index (χ3n) is 4.54. The summed E-state index contributed by atoms with van der Waals surface area (Å²) in [6.45, 7) is 4.44. The van der Waals surface area contributed by atoms with E-state index in [9.17, 15) is 0 Å². The van der Waals surface area contributed by atoms with Crippen LogP contribution in [0.5, 0.6) is 0 Å². The summed E-state index contributed by atoms with van der Waals surface area (Å²) in [4.78, 5) is 0. The zero-order chi connectivity index (χ0) is 14.5.